The van der Waals surface area contributed by atoms with Crippen molar-refractivity contribution in [2.24, 2.45) is 5.10 Å². The maximum Gasteiger partial charge on any atom is 0.222 e. The summed E-state index contributed by atoms with van der Waals surface area (Å²) in [6, 6.07) is 17.9. The molecule has 2 aromatic rings. The number of para-hydroxylation sites is 1. The minimum atomic E-state index is 0.197. The summed E-state index contributed by atoms with van der Waals surface area (Å²) in [5.74, 6) is 0.197. The van der Waals surface area contributed by atoms with Crippen molar-refractivity contribution in [2.75, 3.05) is 18.5 Å². The second-order valence-corrected chi connectivity index (χ2v) is 7.34. The van der Waals surface area contributed by atoms with Gasteiger partial charge in [-0.15, -0.1) is 0 Å². The summed E-state index contributed by atoms with van der Waals surface area (Å²) in [4.78, 5) is 14.6. The average Bonchev–Trinajstić information content (AvgIpc) is 2.69. The summed E-state index contributed by atoms with van der Waals surface area (Å²) in [6.07, 6.45) is 3.03. The molecule has 0 radical (unpaired) electrons. The summed E-state index contributed by atoms with van der Waals surface area (Å²) in [5, 5.41) is 4.60. The first-order valence-corrected chi connectivity index (χ1v) is 10.3. The highest BCUT2D eigenvalue weighted by molar-refractivity contribution is 9.10. The van der Waals surface area contributed by atoms with Gasteiger partial charge >= 0.3 is 0 Å². The van der Waals surface area contributed by atoms with Crippen LogP contribution in [0.2, 0.25) is 0 Å². The SMILES string of the molecule is CCCN(CCC)C(=O)CC/C(=N/Nc1ccccc1)c1ccc(Br)cc1. The van der Waals surface area contributed by atoms with E-state index in [-0.39, 0.29) is 5.91 Å². The summed E-state index contributed by atoms with van der Waals surface area (Å²) < 4.78 is 1.02. The third-order valence-electron chi connectivity index (χ3n) is 4.19. The van der Waals surface area contributed by atoms with E-state index in [0.717, 1.165) is 47.4 Å². The third kappa shape index (κ3) is 7.18. The lowest BCUT2D eigenvalue weighted by Gasteiger charge is -2.21. The molecule has 2 rings (SSSR count). The van der Waals surface area contributed by atoms with Crippen LogP contribution in [0.15, 0.2) is 64.2 Å². The Morgan fingerprint density at radius 3 is 2.19 bits per heavy atom. The Hall–Kier alpha value is -2.14. The van der Waals surface area contributed by atoms with Crippen molar-refractivity contribution in [1.82, 2.24) is 4.90 Å². The maximum absolute atomic E-state index is 12.6. The van der Waals surface area contributed by atoms with Crippen LogP contribution in [0.1, 0.15) is 45.1 Å². The molecule has 0 aliphatic heterocycles. The van der Waals surface area contributed by atoms with E-state index >= 15 is 0 Å². The summed E-state index contributed by atoms with van der Waals surface area (Å²) in [5.41, 5.74) is 5.94. The highest BCUT2D eigenvalue weighted by Crippen LogP contribution is 2.15. The molecule has 0 unspecified atom stereocenters. The van der Waals surface area contributed by atoms with Crippen molar-refractivity contribution in [1.29, 1.82) is 0 Å². The van der Waals surface area contributed by atoms with Crippen LogP contribution in [0.5, 0.6) is 0 Å². The molecule has 0 saturated carbocycles. The molecule has 0 saturated heterocycles. The number of hydrazone groups is 1. The van der Waals surface area contributed by atoms with Gasteiger partial charge in [-0.2, -0.15) is 5.10 Å². The number of nitrogens with zero attached hydrogens (tertiary/aromatic N) is 2. The Bertz CT molecular complexity index is 723. The van der Waals surface area contributed by atoms with Crippen LogP contribution < -0.4 is 5.43 Å². The molecule has 1 N–H and O–H groups in total. The number of halogens is 1. The van der Waals surface area contributed by atoms with Crippen LogP contribution in [-0.4, -0.2) is 29.6 Å². The summed E-state index contributed by atoms with van der Waals surface area (Å²) >= 11 is 3.47. The third-order valence-corrected chi connectivity index (χ3v) is 4.72. The molecular formula is C22H28BrN3O. The number of hydrogen-bond donors (Lipinski definition) is 1. The Morgan fingerprint density at radius 2 is 1.59 bits per heavy atom. The van der Waals surface area contributed by atoms with E-state index in [4.69, 9.17) is 0 Å². The molecule has 0 heterocycles. The average molecular weight is 430 g/mol. The van der Waals surface area contributed by atoms with Gasteiger partial charge in [0.25, 0.3) is 0 Å². The first kappa shape index (κ1) is 21.2. The Kier molecular flexibility index (Phi) is 9.05. The Balaban J connectivity index is 2.12. The molecule has 0 bridgehead atoms. The van der Waals surface area contributed by atoms with Crippen LogP contribution in [-0.2, 0) is 4.79 Å². The molecule has 27 heavy (non-hydrogen) atoms. The standard InChI is InChI=1S/C22H28BrN3O/c1-3-16-26(17-4-2)22(27)15-14-21(18-10-12-19(23)13-11-18)25-24-20-8-6-5-7-9-20/h5-13,24H,3-4,14-17H2,1-2H3/b25-21-. The minimum Gasteiger partial charge on any atom is -0.343 e. The fraction of sp³-hybridized carbons (Fsp3) is 0.364. The number of carbonyl (C=O) groups excluding carboxylic acids is 1. The highest BCUT2D eigenvalue weighted by atomic mass is 79.9. The lowest BCUT2D eigenvalue weighted by atomic mass is 10.1. The lowest BCUT2D eigenvalue weighted by Crippen LogP contribution is -2.32. The van der Waals surface area contributed by atoms with Gasteiger partial charge in [-0.05, 0) is 42.7 Å². The number of amides is 1. The van der Waals surface area contributed by atoms with Crippen LogP contribution in [0.25, 0.3) is 0 Å². The van der Waals surface area contributed by atoms with E-state index in [2.05, 4.69) is 40.3 Å². The second-order valence-electron chi connectivity index (χ2n) is 6.42. The molecule has 0 aromatic heterocycles. The highest BCUT2D eigenvalue weighted by Gasteiger charge is 2.14. The van der Waals surface area contributed by atoms with Gasteiger partial charge in [-0.3, -0.25) is 10.2 Å². The van der Waals surface area contributed by atoms with Crippen molar-refractivity contribution in [3.63, 3.8) is 0 Å². The van der Waals surface area contributed by atoms with E-state index in [9.17, 15) is 4.79 Å². The topological polar surface area (TPSA) is 44.7 Å². The predicted octanol–water partition coefficient (Wildman–Crippen LogP) is 5.69. The molecule has 0 atom stereocenters. The molecule has 0 aliphatic rings. The van der Waals surface area contributed by atoms with Gasteiger partial charge in [0.1, 0.15) is 0 Å². The molecule has 0 spiro atoms. The molecule has 4 nitrogen and oxygen atoms in total. The van der Waals surface area contributed by atoms with Gasteiger partial charge in [-0.25, -0.2) is 0 Å². The van der Waals surface area contributed by atoms with Gasteiger partial charge in [-0.1, -0.05) is 60.1 Å². The Morgan fingerprint density at radius 1 is 0.963 bits per heavy atom. The molecule has 144 valence electrons. The smallest absolute Gasteiger partial charge is 0.222 e. The zero-order chi connectivity index (χ0) is 19.5. The summed E-state index contributed by atoms with van der Waals surface area (Å²) in [7, 11) is 0. The number of carbonyl (C=O) groups is 1. The zero-order valence-electron chi connectivity index (χ0n) is 16.1. The van der Waals surface area contributed by atoms with Crippen LogP contribution in [0.4, 0.5) is 5.69 Å². The van der Waals surface area contributed by atoms with Crippen LogP contribution in [0.3, 0.4) is 0 Å². The zero-order valence-corrected chi connectivity index (χ0v) is 17.7. The normalized spacial score (nSPS) is 11.3. The number of benzene rings is 2. The van der Waals surface area contributed by atoms with Crippen molar-refractivity contribution < 1.29 is 4.79 Å². The van der Waals surface area contributed by atoms with Crippen LogP contribution >= 0.6 is 15.9 Å². The summed E-state index contributed by atoms with van der Waals surface area (Å²) in [6.45, 7) is 5.85. The molecule has 1 amide bonds. The van der Waals surface area contributed by atoms with E-state index in [1.54, 1.807) is 0 Å². The lowest BCUT2D eigenvalue weighted by molar-refractivity contribution is -0.131. The molecule has 0 aliphatic carbocycles. The van der Waals surface area contributed by atoms with Crippen molar-refractivity contribution in [3.05, 3.63) is 64.6 Å². The number of rotatable bonds is 10. The first-order valence-electron chi connectivity index (χ1n) is 9.55. The fourth-order valence-electron chi connectivity index (χ4n) is 2.84. The number of anilines is 1. The molecule has 0 fully saturated rings. The first-order chi connectivity index (χ1) is 13.1. The van der Waals surface area contributed by atoms with E-state index in [1.165, 1.54) is 0 Å². The second kappa shape index (κ2) is 11.5. The molecule has 5 heteroatoms. The molecular weight excluding hydrogens is 402 g/mol. The van der Waals surface area contributed by atoms with Gasteiger partial charge in [0.2, 0.25) is 5.91 Å². The Labute approximate surface area is 170 Å². The van der Waals surface area contributed by atoms with E-state index in [1.807, 2.05) is 59.5 Å². The minimum absolute atomic E-state index is 0.197. The monoisotopic (exact) mass is 429 g/mol. The number of hydrogen-bond acceptors (Lipinski definition) is 3. The van der Waals surface area contributed by atoms with Crippen molar-refractivity contribution in [2.45, 2.75) is 39.5 Å². The fourth-order valence-corrected chi connectivity index (χ4v) is 3.10. The van der Waals surface area contributed by atoms with Crippen molar-refractivity contribution >= 4 is 33.2 Å². The van der Waals surface area contributed by atoms with E-state index in [0.29, 0.717) is 12.8 Å². The van der Waals surface area contributed by atoms with Crippen LogP contribution in [0, 0.1) is 0 Å². The largest absolute Gasteiger partial charge is 0.343 e. The van der Waals surface area contributed by atoms with Gasteiger partial charge < -0.3 is 4.90 Å². The quantitative estimate of drug-likeness (QED) is 0.389. The van der Waals surface area contributed by atoms with Crippen molar-refractivity contribution in [3.8, 4) is 0 Å². The van der Waals surface area contributed by atoms with E-state index < -0.39 is 0 Å². The maximum atomic E-state index is 12.6. The van der Waals surface area contributed by atoms with Gasteiger partial charge in [0.15, 0.2) is 0 Å². The number of nitrogens with one attached hydrogen (secondary N) is 1. The van der Waals surface area contributed by atoms with Gasteiger partial charge in [0, 0.05) is 30.4 Å². The predicted molar refractivity (Wildman–Crippen MR) is 117 cm³/mol. The molecule has 2 aromatic carbocycles. The van der Waals surface area contributed by atoms with Gasteiger partial charge in [0.05, 0.1) is 11.4 Å².